The molecule has 3 nitrogen and oxygen atoms in total. The fraction of sp³-hybridized carbons (Fsp3) is 0.889. The van der Waals surface area contributed by atoms with E-state index in [0.717, 1.165) is 0 Å². The van der Waals surface area contributed by atoms with Crippen LogP contribution >= 0.6 is 0 Å². The van der Waals surface area contributed by atoms with E-state index in [4.69, 9.17) is 0 Å². The summed E-state index contributed by atoms with van der Waals surface area (Å²) in [4.78, 5) is 13.0. The van der Waals surface area contributed by atoms with Gasteiger partial charge < -0.3 is 10.2 Å². The highest BCUT2D eigenvalue weighted by molar-refractivity contribution is 5.75. The molecule has 76 valence electrons. The fourth-order valence-corrected chi connectivity index (χ4v) is 1.30. The van der Waals surface area contributed by atoms with Gasteiger partial charge in [0.15, 0.2) is 0 Å². The van der Waals surface area contributed by atoms with E-state index in [2.05, 4.69) is 5.32 Å². The molecule has 1 aliphatic heterocycles. The lowest BCUT2D eigenvalue weighted by atomic mass is 10.1. The Kier molecular flexibility index (Phi) is 2.78. The number of rotatable bonds is 0. The van der Waals surface area contributed by atoms with Crippen LogP contribution in [0.4, 0.5) is 9.18 Å². The van der Waals surface area contributed by atoms with Gasteiger partial charge in [-0.25, -0.2) is 9.18 Å². The molecule has 0 aromatic heterocycles. The summed E-state index contributed by atoms with van der Waals surface area (Å²) >= 11 is 0. The van der Waals surface area contributed by atoms with E-state index >= 15 is 0 Å². The largest absolute Gasteiger partial charge is 0.333 e. The predicted octanol–water partition coefficient (Wildman–Crippen LogP) is 1.54. The molecule has 13 heavy (non-hydrogen) atoms. The second-order valence-corrected chi connectivity index (χ2v) is 4.51. The zero-order chi connectivity index (χ0) is 10.1. The van der Waals surface area contributed by atoms with Crippen LogP contribution in [-0.2, 0) is 0 Å². The van der Waals surface area contributed by atoms with Crippen molar-refractivity contribution in [2.24, 2.45) is 0 Å². The van der Waals surface area contributed by atoms with Gasteiger partial charge in [0.05, 0.1) is 6.54 Å². The molecule has 4 heteroatoms. The number of halogens is 1. The summed E-state index contributed by atoms with van der Waals surface area (Å²) in [6.07, 6.45) is -0.372. The minimum absolute atomic E-state index is 0.160. The smallest absolute Gasteiger partial charge is 0.317 e. The summed E-state index contributed by atoms with van der Waals surface area (Å²) in [5, 5.41) is 2.80. The molecule has 1 saturated heterocycles. The van der Waals surface area contributed by atoms with Crippen LogP contribution in [0.3, 0.4) is 0 Å². The van der Waals surface area contributed by atoms with Crippen LogP contribution in [0.25, 0.3) is 0 Å². The summed E-state index contributed by atoms with van der Waals surface area (Å²) in [5.74, 6) is 0. The zero-order valence-electron chi connectivity index (χ0n) is 8.43. The number of urea groups is 1. The van der Waals surface area contributed by atoms with Crippen LogP contribution in [0.2, 0.25) is 0 Å². The quantitative estimate of drug-likeness (QED) is 0.614. The highest BCUT2D eigenvalue weighted by Gasteiger charge is 2.27. The Balaban J connectivity index is 2.41. The molecular formula is C9H17FN2O. The van der Waals surface area contributed by atoms with E-state index in [-0.39, 0.29) is 18.1 Å². The van der Waals surface area contributed by atoms with Gasteiger partial charge in [0.25, 0.3) is 0 Å². The number of carbonyl (C=O) groups excluding carboxylic acids is 1. The molecule has 0 radical (unpaired) electrons. The van der Waals surface area contributed by atoms with Gasteiger partial charge in [-0.3, -0.25) is 0 Å². The highest BCUT2D eigenvalue weighted by Crippen LogP contribution is 2.13. The van der Waals surface area contributed by atoms with Crippen molar-refractivity contribution in [1.29, 1.82) is 0 Å². The number of alkyl halides is 1. The van der Waals surface area contributed by atoms with Crippen LogP contribution in [0.15, 0.2) is 0 Å². The predicted molar refractivity (Wildman–Crippen MR) is 49.4 cm³/mol. The van der Waals surface area contributed by atoms with Crippen molar-refractivity contribution in [3.63, 3.8) is 0 Å². The normalized spacial score (nSPS) is 23.4. The Bertz CT molecular complexity index is 200. The van der Waals surface area contributed by atoms with Crippen LogP contribution in [-0.4, -0.2) is 35.7 Å². The van der Waals surface area contributed by atoms with Crippen molar-refractivity contribution in [2.45, 2.75) is 38.9 Å². The molecule has 1 heterocycles. The first kappa shape index (κ1) is 10.3. The van der Waals surface area contributed by atoms with Crippen molar-refractivity contribution in [2.75, 3.05) is 13.1 Å². The lowest BCUT2D eigenvalue weighted by molar-refractivity contribution is 0.195. The summed E-state index contributed by atoms with van der Waals surface area (Å²) in [7, 11) is 0. The summed E-state index contributed by atoms with van der Waals surface area (Å²) < 4.78 is 12.7. The second-order valence-electron chi connectivity index (χ2n) is 4.51. The maximum Gasteiger partial charge on any atom is 0.317 e. The minimum Gasteiger partial charge on any atom is -0.333 e. The monoisotopic (exact) mass is 188 g/mol. The molecule has 1 fully saturated rings. The third-order valence-corrected chi connectivity index (χ3v) is 1.90. The van der Waals surface area contributed by atoms with E-state index < -0.39 is 6.17 Å². The average Bonchev–Trinajstić information content (AvgIpc) is 2.31. The molecule has 0 aliphatic carbocycles. The van der Waals surface area contributed by atoms with Crippen molar-refractivity contribution in [3.05, 3.63) is 0 Å². The number of carbonyl (C=O) groups is 1. The third kappa shape index (κ3) is 3.20. The summed E-state index contributed by atoms with van der Waals surface area (Å²) in [6, 6.07) is -0.160. The van der Waals surface area contributed by atoms with Gasteiger partial charge >= 0.3 is 6.03 Å². The molecule has 1 atom stereocenters. The molecule has 0 spiro atoms. The summed E-state index contributed by atoms with van der Waals surface area (Å²) in [6.45, 7) is 6.50. The van der Waals surface area contributed by atoms with E-state index in [9.17, 15) is 9.18 Å². The van der Waals surface area contributed by atoms with Crippen molar-refractivity contribution >= 4 is 6.03 Å². The lowest BCUT2D eigenvalue weighted by Gasteiger charge is -2.25. The SMILES string of the molecule is CC(C)(C)NC(=O)N1CCC(F)C1. The van der Waals surface area contributed by atoms with Crippen LogP contribution in [0.1, 0.15) is 27.2 Å². The van der Waals surface area contributed by atoms with Crippen molar-refractivity contribution < 1.29 is 9.18 Å². The zero-order valence-corrected chi connectivity index (χ0v) is 8.43. The Morgan fingerprint density at radius 3 is 2.54 bits per heavy atom. The molecule has 0 aromatic rings. The van der Waals surface area contributed by atoms with Crippen LogP contribution in [0.5, 0.6) is 0 Å². The first-order chi connectivity index (χ1) is 5.88. The van der Waals surface area contributed by atoms with E-state index in [1.54, 1.807) is 0 Å². The first-order valence-electron chi connectivity index (χ1n) is 4.59. The number of amides is 2. The number of nitrogens with one attached hydrogen (secondary N) is 1. The molecule has 1 aliphatic rings. The molecule has 0 saturated carbocycles. The van der Waals surface area contributed by atoms with Gasteiger partial charge in [0.2, 0.25) is 0 Å². The Hall–Kier alpha value is -0.800. The van der Waals surface area contributed by atoms with E-state index in [1.165, 1.54) is 4.90 Å². The molecule has 0 aromatic carbocycles. The van der Waals surface area contributed by atoms with Crippen molar-refractivity contribution in [3.8, 4) is 0 Å². The number of hydrogen-bond acceptors (Lipinski definition) is 1. The fourth-order valence-electron chi connectivity index (χ4n) is 1.30. The molecule has 1 N–H and O–H groups in total. The van der Waals surface area contributed by atoms with Gasteiger partial charge in [0, 0.05) is 12.1 Å². The average molecular weight is 188 g/mol. The Morgan fingerprint density at radius 1 is 1.54 bits per heavy atom. The standard InChI is InChI=1S/C9H17FN2O/c1-9(2,3)11-8(13)12-5-4-7(10)6-12/h7H,4-6H2,1-3H3,(H,11,13). The minimum atomic E-state index is -0.842. The number of nitrogens with zero attached hydrogens (tertiary/aromatic N) is 1. The van der Waals surface area contributed by atoms with E-state index in [1.807, 2.05) is 20.8 Å². The van der Waals surface area contributed by atoms with Gasteiger partial charge in [-0.05, 0) is 27.2 Å². The van der Waals surface area contributed by atoms with Gasteiger partial charge in [0.1, 0.15) is 6.17 Å². The maximum atomic E-state index is 12.7. The lowest BCUT2D eigenvalue weighted by Crippen LogP contribution is -2.47. The van der Waals surface area contributed by atoms with Crippen molar-refractivity contribution in [1.82, 2.24) is 10.2 Å². The van der Waals surface area contributed by atoms with Crippen LogP contribution in [0, 0.1) is 0 Å². The molecular weight excluding hydrogens is 171 g/mol. The Labute approximate surface area is 78.3 Å². The topological polar surface area (TPSA) is 32.3 Å². The number of likely N-dealkylation sites (tertiary alicyclic amines) is 1. The highest BCUT2D eigenvalue weighted by atomic mass is 19.1. The van der Waals surface area contributed by atoms with Gasteiger partial charge in [-0.15, -0.1) is 0 Å². The van der Waals surface area contributed by atoms with Gasteiger partial charge in [-0.1, -0.05) is 0 Å². The van der Waals surface area contributed by atoms with Gasteiger partial charge in [-0.2, -0.15) is 0 Å². The first-order valence-corrected chi connectivity index (χ1v) is 4.59. The van der Waals surface area contributed by atoms with E-state index in [0.29, 0.717) is 13.0 Å². The molecule has 0 bridgehead atoms. The van der Waals surface area contributed by atoms with Crippen LogP contribution < -0.4 is 5.32 Å². The number of hydrogen-bond donors (Lipinski definition) is 1. The third-order valence-electron chi connectivity index (χ3n) is 1.90. The summed E-state index contributed by atoms with van der Waals surface area (Å²) in [5.41, 5.74) is -0.245. The maximum absolute atomic E-state index is 12.7. The Morgan fingerprint density at radius 2 is 2.15 bits per heavy atom. The molecule has 1 rings (SSSR count). The second kappa shape index (κ2) is 3.52. The molecule has 2 amide bonds. The molecule has 1 unspecified atom stereocenters.